The highest BCUT2D eigenvalue weighted by molar-refractivity contribution is 5.85. The largest absolute Gasteiger partial charge is 0.342 e. The number of nitrogens with one attached hydrogen (secondary N) is 1. The number of rotatable bonds is 5. The Kier molecular flexibility index (Phi) is 6.50. The standard InChI is InChI=1S/C17H21FN4O2.ClH/c1-10-20-16(22-24-10)15(13-6-2-3-8-14(13)18)21-17(23)12-7-4-5-11(12)9-19;/h2-3,6,8,11-12,15H,4-5,7,9,19H2,1H3,(H,21,23);1H/t11-,12-,15?;/m1./s1. The summed E-state index contributed by atoms with van der Waals surface area (Å²) in [6.07, 6.45) is 2.72. The van der Waals surface area contributed by atoms with Gasteiger partial charge in [-0.15, -0.1) is 12.4 Å². The van der Waals surface area contributed by atoms with E-state index in [9.17, 15) is 9.18 Å². The minimum absolute atomic E-state index is 0. The van der Waals surface area contributed by atoms with E-state index in [0.29, 0.717) is 18.0 Å². The number of hydrogen-bond acceptors (Lipinski definition) is 5. The van der Waals surface area contributed by atoms with E-state index in [2.05, 4.69) is 15.5 Å². The summed E-state index contributed by atoms with van der Waals surface area (Å²) in [7, 11) is 0. The van der Waals surface area contributed by atoms with Gasteiger partial charge in [-0.25, -0.2) is 4.39 Å². The Balaban J connectivity index is 0.00000225. The lowest BCUT2D eigenvalue weighted by atomic mass is 9.94. The molecule has 136 valence electrons. The maximum atomic E-state index is 14.2. The monoisotopic (exact) mass is 368 g/mol. The van der Waals surface area contributed by atoms with Crippen LogP contribution < -0.4 is 11.1 Å². The van der Waals surface area contributed by atoms with E-state index in [1.807, 2.05) is 0 Å². The molecular weight excluding hydrogens is 347 g/mol. The number of nitrogens with two attached hydrogens (primary N) is 1. The molecule has 25 heavy (non-hydrogen) atoms. The lowest BCUT2D eigenvalue weighted by Gasteiger charge is -2.22. The predicted octanol–water partition coefficient (Wildman–Crippen LogP) is 2.52. The van der Waals surface area contributed by atoms with Crippen LogP contribution in [0.25, 0.3) is 0 Å². The summed E-state index contributed by atoms with van der Waals surface area (Å²) in [4.78, 5) is 16.9. The molecule has 1 heterocycles. The lowest BCUT2D eigenvalue weighted by molar-refractivity contribution is -0.126. The molecule has 1 saturated carbocycles. The van der Waals surface area contributed by atoms with E-state index in [0.717, 1.165) is 19.3 Å². The van der Waals surface area contributed by atoms with Gasteiger partial charge < -0.3 is 15.6 Å². The SMILES string of the molecule is Cc1nc(C(NC(=O)[C@@H]2CCC[C@@H]2CN)c2ccccc2F)no1.Cl. The van der Waals surface area contributed by atoms with Crippen LogP contribution >= 0.6 is 12.4 Å². The summed E-state index contributed by atoms with van der Waals surface area (Å²) >= 11 is 0. The summed E-state index contributed by atoms with van der Waals surface area (Å²) in [5, 5.41) is 6.75. The lowest BCUT2D eigenvalue weighted by Crippen LogP contribution is -2.38. The number of aryl methyl sites for hydroxylation is 1. The van der Waals surface area contributed by atoms with E-state index >= 15 is 0 Å². The number of carbonyl (C=O) groups excluding carboxylic acids is 1. The van der Waals surface area contributed by atoms with Gasteiger partial charge >= 0.3 is 0 Å². The molecule has 3 N–H and O–H groups in total. The second-order valence-electron chi connectivity index (χ2n) is 6.17. The van der Waals surface area contributed by atoms with Gasteiger partial charge in [0.25, 0.3) is 0 Å². The predicted molar refractivity (Wildman–Crippen MR) is 92.6 cm³/mol. The van der Waals surface area contributed by atoms with Crippen molar-refractivity contribution in [3.05, 3.63) is 47.4 Å². The van der Waals surface area contributed by atoms with Gasteiger partial charge in [-0.2, -0.15) is 4.98 Å². The molecule has 1 fully saturated rings. The molecule has 1 amide bonds. The summed E-state index contributed by atoms with van der Waals surface area (Å²) in [5.74, 6) is 0.0517. The Labute approximate surface area is 151 Å². The molecule has 3 rings (SSSR count). The highest BCUT2D eigenvalue weighted by atomic mass is 35.5. The van der Waals surface area contributed by atoms with Crippen molar-refractivity contribution in [3.8, 4) is 0 Å². The van der Waals surface area contributed by atoms with Gasteiger partial charge in [-0.3, -0.25) is 4.79 Å². The van der Waals surface area contributed by atoms with E-state index in [1.54, 1.807) is 25.1 Å². The topological polar surface area (TPSA) is 94.0 Å². The Morgan fingerprint density at radius 1 is 1.44 bits per heavy atom. The Hall–Kier alpha value is -1.99. The maximum absolute atomic E-state index is 14.2. The van der Waals surface area contributed by atoms with E-state index in [4.69, 9.17) is 10.3 Å². The van der Waals surface area contributed by atoms with Gasteiger partial charge in [-0.05, 0) is 31.4 Å². The van der Waals surface area contributed by atoms with Crippen LogP contribution in [-0.4, -0.2) is 22.6 Å². The molecule has 0 saturated heterocycles. The molecule has 0 bridgehead atoms. The summed E-state index contributed by atoms with van der Waals surface area (Å²) < 4.78 is 19.2. The van der Waals surface area contributed by atoms with Crippen molar-refractivity contribution in [1.82, 2.24) is 15.5 Å². The molecule has 0 aliphatic heterocycles. The number of benzene rings is 1. The van der Waals surface area contributed by atoms with Crippen LogP contribution in [0, 0.1) is 24.6 Å². The normalized spacial score (nSPS) is 20.8. The quantitative estimate of drug-likeness (QED) is 0.845. The van der Waals surface area contributed by atoms with Gasteiger partial charge in [0.15, 0.2) is 5.82 Å². The van der Waals surface area contributed by atoms with Crippen molar-refractivity contribution in [3.63, 3.8) is 0 Å². The van der Waals surface area contributed by atoms with Crippen LogP contribution in [0.4, 0.5) is 4.39 Å². The fraction of sp³-hybridized carbons (Fsp3) is 0.471. The molecule has 2 aromatic rings. The first-order valence-corrected chi connectivity index (χ1v) is 8.15. The zero-order chi connectivity index (χ0) is 17.1. The van der Waals surface area contributed by atoms with E-state index in [-0.39, 0.29) is 36.0 Å². The fourth-order valence-electron chi connectivity index (χ4n) is 3.34. The molecular formula is C17H22ClFN4O2. The summed E-state index contributed by atoms with van der Waals surface area (Å²) in [6.45, 7) is 2.13. The Bertz CT molecular complexity index is 724. The Morgan fingerprint density at radius 3 is 2.84 bits per heavy atom. The minimum atomic E-state index is -0.782. The smallest absolute Gasteiger partial charge is 0.224 e. The number of amides is 1. The van der Waals surface area contributed by atoms with Crippen LogP contribution in [0.5, 0.6) is 0 Å². The maximum Gasteiger partial charge on any atom is 0.224 e. The summed E-state index contributed by atoms with van der Waals surface area (Å²) in [5.41, 5.74) is 6.08. The second-order valence-corrected chi connectivity index (χ2v) is 6.17. The third-order valence-corrected chi connectivity index (χ3v) is 4.60. The van der Waals surface area contributed by atoms with Crippen LogP contribution in [0.3, 0.4) is 0 Å². The number of carbonyl (C=O) groups is 1. The Morgan fingerprint density at radius 2 is 2.20 bits per heavy atom. The number of halogens is 2. The van der Waals surface area contributed by atoms with Crippen molar-refractivity contribution in [2.45, 2.75) is 32.2 Å². The molecule has 0 spiro atoms. The minimum Gasteiger partial charge on any atom is -0.342 e. The first-order valence-electron chi connectivity index (χ1n) is 8.15. The molecule has 1 aliphatic carbocycles. The van der Waals surface area contributed by atoms with Gasteiger partial charge in [0.05, 0.1) is 0 Å². The molecule has 8 heteroatoms. The van der Waals surface area contributed by atoms with Crippen molar-refractivity contribution in [2.75, 3.05) is 6.54 Å². The molecule has 1 aromatic carbocycles. The molecule has 1 aliphatic rings. The van der Waals surface area contributed by atoms with Crippen LogP contribution in [0.1, 0.15) is 42.6 Å². The first kappa shape index (κ1) is 19.3. The van der Waals surface area contributed by atoms with E-state index in [1.165, 1.54) is 6.07 Å². The van der Waals surface area contributed by atoms with Gasteiger partial charge in [-0.1, -0.05) is 29.8 Å². The number of aromatic nitrogens is 2. The highest BCUT2D eigenvalue weighted by Gasteiger charge is 2.34. The number of nitrogens with zero attached hydrogens (tertiary/aromatic N) is 2. The van der Waals surface area contributed by atoms with Crippen LogP contribution in [0.2, 0.25) is 0 Å². The third kappa shape index (κ3) is 4.16. The van der Waals surface area contributed by atoms with Crippen molar-refractivity contribution >= 4 is 18.3 Å². The third-order valence-electron chi connectivity index (χ3n) is 4.60. The van der Waals surface area contributed by atoms with Gasteiger partial charge in [0.1, 0.15) is 11.9 Å². The van der Waals surface area contributed by atoms with E-state index < -0.39 is 11.9 Å². The highest BCUT2D eigenvalue weighted by Crippen LogP contribution is 2.32. The average Bonchev–Trinajstić information content (AvgIpc) is 3.22. The number of hydrogen-bond donors (Lipinski definition) is 2. The van der Waals surface area contributed by atoms with Crippen LogP contribution in [0.15, 0.2) is 28.8 Å². The molecule has 1 unspecified atom stereocenters. The van der Waals surface area contributed by atoms with Gasteiger partial charge in [0, 0.05) is 18.4 Å². The van der Waals surface area contributed by atoms with Crippen molar-refractivity contribution < 1.29 is 13.7 Å². The zero-order valence-corrected chi connectivity index (χ0v) is 14.8. The zero-order valence-electron chi connectivity index (χ0n) is 13.9. The molecule has 0 radical (unpaired) electrons. The fourth-order valence-corrected chi connectivity index (χ4v) is 3.34. The average molecular weight is 369 g/mol. The summed E-state index contributed by atoms with van der Waals surface area (Å²) in [6, 6.07) is 5.49. The molecule has 6 nitrogen and oxygen atoms in total. The first-order chi connectivity index (χ1) is 11.6. The van der Waals surface area contributed by atoms with Crippen molar-refractivity contribution in [1.29, 1.82) is 0 Å². The van der Waals surface area contributed by atoms with Crippen molar-refractivity contribution in [2.24, 2.45) is 17.6 Å². The van der Waals surface area contributed by atoms with Gasteiger partial charge in [0.2, 0.25) is 11.8 Å². The van der Waals surface area contributed by atoms with Crippen LogP contribution in [-0.2, 0) is 4.79 Å². The molecule has 1 aromatic heterocycles. The molecule has 3 atom stereocenters. The second kappa shape index (κ2) is 8.40.